The van der Waals surface area contributed by atoms with E-state index in [9.17, 15) is 4.79 Å². The van der Waals surface area contributed by atoms with Gasteiger partial charge in [-0.1, -0.05) is 18.2 Å². The SMILES string of the molecule is Cc1cc(C)c(C)c(OC(C)C(=O)NCc2ccc(N3CCCCC3)cc2)c1. The van der Waals surface area contributed by atoms with Gasteiger partial charge in [0, 0.05) is 25.3 Å². The molecule has 3 rings (SSSR count). The van der Waals surface area contributed by atoms with Gasteiger partial charge in [0.2, 0.25) is 0 Å². The van der Waals surface area contributed by atoms with E-state index in [4.69, 9.17) is 4.74 Å². The van der Waals surface area contributed by atoms with E-state index < -0.39 is 6.10 Å². The Labute approximate surface area is 168 Å². The Balaban J connectivity index is 1.53. The van der Waals surface area contributed by atoms with Crippen LogP contribution in [0.4, 0.5) is 5.69 Å². The molecule has 1 aliphatic rings. The average molecular weight is 381 g/mol. The van der Waals surface area contributed by atoms with E-state index in [0.717, 1.165) is 35.5 Å². The number of hydrogen-bond donors (Lipinski definition) is 1. The minimum absolute atomic E-state index is 0.0985. The molecule has 1 heterocycles. The lowest BCUT2D eigenvalue weighted by Crippen LogP contribution is -2.36. The topological polar surface area (TPSA) is 41.6 Å². The van der Waals surface area contributed by atoms with Gasteiger partial charge >= 0.3 is 0 Å². The average Bonchev–Trinajstić information content (AvgIpc) is 2.70. The van der Waals surface area contributed by atoms with Crippen molar-refractivity contribution in [2.75, 3.05) is 18.0 Å². The molecular formula is C24H32N2O2. The molecule has 0 bridgehead atoms. The van der Waals surface area contributed by atoms with Crippen molar-refractivity contribution in [3.05, 3.63) is 58.7 Å². The molecule has 4 nitrogen and oxygen atoms in total. The second-order valence-electron chi connectivity index (χ2n) is 7.90. The number of carbonyl (C=O) groups excluding carboxylic acids is 1. The monoisotopic (exact) mass is 380 g/mol. The van der Waals surface area contributed by atoms with Crippen molar-refractivity contribution in [1.29, 1.82) is 0 Å². The number of rotatable bonds is 6. The van der Waals surface area contributed by atoms with Crippen LogP contribution in [0.3, 0.4) is 0 Å². The molecule has 1 amide bonds. The fourth-order valence-electron chi connectivity index (χ4n) is 3.68. The van der Waals surface area contributed by atoms with Crippen molar-refractivity contribution in [3.8, 4) is 5.75 Å². The molecule has 1 N–H and O–H groups in total. The number of aryl methyl sites for hydroxylation is 2. The van der Waals surface area contributed by atoms with Crippen molar-refractivity contribution in [2.45, 2.75) is 59.6 Å². The number of nitrogens with one attached hydrogen (secondary N) is 1. The van der Waals surface area contributed by atoms with Gasteiger partial charge in [-0.15, -0.1) is 0 Å². The molecule has 1 atom stereocenters. The van der Waals surface area contributed by atoms with Crippen LogP contribution in [0, 0.1) is 20.8 Å². The molecule has 1 saturated heterocycles. The molecule has 0 aliphatic carbocycles. The van der Waals surface area contributed by atoms with Crippen molar-refractivity contribution in [2.24, 2.45) is 0 Å². The van der Waals surface area contributed by atoms with Crippen molar-refractivity contribution >= 4 is 11.6 Å². The highest BCUT2D eigenvalue weighted by molar-refractivity contribution is 5.80. The minimum atomic E-state index is -0.535. The van der Waals surface area contributed by atoms with Crippen molar-refractivity contribution in [3.63, 3.8) is 0 Å². The predicted octanol–water partition coefficient (Wildman–Crippen LogP) is 4.69. The summed E-state index contributed by atoms with van der Waals surface area (Å²) < 4.78 is 5.94. The Morgan fingerprint density at radius 2 is 1.75 bits per heavy atom. The minimum Gasteiger partial charge on any atom is -0.481 e. The molecule has 0 radical (unpaired) electrons. The quantitative estimate of drug-likeness (QED) is 0.791. The predicted molar refractivity (Wildman–Crippen MR) is 115 cm³/mol. The van der Waals surface area contributed by atoms with Crippen LogP contribution in [0.25, 0.3) is 0 Å². The third kappa shape index (κ3) is 5.06. The number of anilines is 1. The van der Waals surface area contributed by atoms with E-state index in [1.807, 2.05) is 19.9 Å². The van der Waals surface area contributed by atoms with Crippen LogP contribution in [0.1, 0.15) is 48.4 Å². The summed E-state index contributed by atoms with van der Waals surface area (Å²) in [5, 5.41) is 2.99. The largest absolute Gasteiger partial charge is 0.481 e. The lowest BCUT2D eigenvalue weighted by atomic mass is 10.1. The van der Waals surface area contributed by atoms with Crippen LogP contribution >= 0.6 is 0 Å². The highest BCUT2D eigenvalue weighted by atomic mass is 16.5. The zero-order chi connectivity index (χ0) is 20.1. The summed E-state index contributed by atoms with van der Waals surface area (Å²) in [7, 11) is 0. The van der Waals surface area contributed by atoms with Crippen molar-refractivity contribution < 1.29 is 9.53 Å². The number of benzene rings is 2. The number of amides is 1. The van der Waals surface area contributed by atoms with E-state index in [1.54, 1.807) is 6.92 Å². The fraction of sp³-hybridized carbons (Fsp3) is 0.458. The zero-order valence-electron chi connectivity index (χ0n) is 17.5. The number of carbonyl (C=O) groups is 1. The van der Waals surface area contributed by atoms with Gasteiger partial charge < -0.3 is 15.0 Å². The lowest BCUT2D eigenvalue weighted by Gasteiger charge is -2.28. The molecule has 0 spiro atoms. The standard InChI is InChI=1S/C24H32N2O2/c1-17-14-18(2)19(3)23(15-17)28-20(4)24(27)25-16-21-8-10-22(11-9-21)26-12-6-5-7-13-26/h8-11,14-15,20H,5-7,12-13,16H2,1-4H3,(H,25,27). The molecule has 2 aromatic rings. The summed E-state index contributed by atoms with van der Waals surface area (Å²) in [6, 6.07) is 12.6. The van der Waals surface area contributed by atoms with Crippen LogP contribution < -0.4 is 15.0 Å². The van der Waals surface area contributed by atoms with E-state index in [0.29, 0.717) is 6.54 Å². The summed E-state index contributed by atoms with van der Waals surface area (Å²) >= 11 is 0. The van der Waals surface area contributed by atoms with Gasteiger partial charge in [0.1, 0.15) is 5.75 Å². The molecule has 1 aliphatic heterocycles. The molecule has 2 aromatic carbocycles. The first-order valence-corrected chi connectivity index (χ1v) is 10.3. The number of ether oxygens (including phenoxy) is 1. The van der Waals surface area contributed by atoms with E-state index in [1.165, 1.54) is 30.5 Å². The summed E-state index contributed by atoms with van der Waals surface area (Å²) in [6.07, 6.45) is 3.35. The second kappa shape index (κ2) is 9.13. The summed E-state index contributed by atoms with van der Waals surface area (Å²) in [6.45, 7) is 10.7. The Morgan fingerprint density at radius 3 is 2.43 bits per heavy atom. The van der Waals surface area contributed by atoms with Crippen LogP contribution in [0.2, 0.25) is 0 Å². The second-order valence-corrected chi connectivity index (χ2v) is 7.90. The van der Waals surface area contributed by atoms with Gasteiger partial charge in [0.05, 0.1) is 0 Å². The maximum Gasteiger partial charge on any atom is 0.261 e. The highest BCUT2D eigenvalue weighted by Crippen LogP contribution is 2.24. The lowest BCUT2D eigenvalue weighted by molar-refractivity contribution is -0.127. The maximum absolute atomic E-state index is 12.5. The van der Waals surface area contributed by atoms with Gasteiger partial charge in [-0.2, -0.15) is 0 Å². The van der Waals surface area contributed by atoms with E-state index in [2.05, 4.69) is 47.5 Å². The smallest absolute Gasteiger partial charge is 0.261 e. The fourth-order valence-corrected chi connectivity index (χ4v) is 3.68. The third-order valence-corrected chi connectivity index (χ3v) is 5.56. The Morgan fingerprint density at radius 1 is 1.07 bits per heavy atom. The van der Waals surface area contributed by atoms with Gasteiger partial charge in [-0.3, -0.25) is 4.79 Å². The Kier molecular flexibility index (Phi) is 6.61. The third-order valence-electron chi connectivity index (χ3n) is 5.56. The Bertz CT molecular complexity index is 808. The van der Waals surface area contributed by atoms with Crippen molar-refractivity contribution in [1.82, 2.24) is 5.32 Å². The molecular weight excluding hydrogens is 348 g/mol. The number of nitrogens with zero attached hydrogens (tertiary/aromatic N) is 1. The van der Waals surface area contributed by atoms with E-state index >= 15 is 0 Å². The molecule has 0 saturated carbocycles. The van der Waals surface area contributed by atoms with Crippen LogP contribution in [0.5, 0.6) is 5.75 Å². The zero-order valence-corrected chi connectivity index (χ0v) is 17.5. The highest BCUT2D eigenvalue weighted by Gasteiger charge is 2.16. The van der Waals surface area contributed by atoms with Gasteiger partial charge in [0.15, 0.2) is 6.10 Å². The molecule has 4 heteroatoms. The molecule has 1 fully saturated rings. The summed E-state index contributed by atoms with van der Waals surface area (Å²) in [5.41, 5.74) is 5.77. The number of hydrogen-bond acceptors (Lipinski definition) is 3. The Hall–Kier alpha value is -2.49. The van der Waals surface area contributed by atoms with E-state index in [-0.39, 0.29) is 5.91 Å². The molecule has 0 aromatic heterocycles. The normalized spacial score (nSPS) is 15.2. The maximum atomic E-state index is 12.5. The molecule has 150 valence electrons. The van der Waals surface area contributed by atoms with Crippen LogP contribution in [-0.4, -0.2) is 25.1 Å². The summed E-state index contributed by atoms with van der Waals surface area (Å²) in [5.74, 6) is 0.685. The molecule has 28 heavy (non-hydrogen) atoms. The van der Waals surface area contributed by atoms with Gasteiger partial charge in [-0.05, 0) is 87.4 Å². The summed E-state index contributed by atoms with van der Waals surface area (Å²) in [4.78, 5) is 14.9. The first kappa shape index (κ1) is 20.2. The first-order chi connectivity index (χ1) is 13.4. The molecule has 1 unspecified atom stereocenters. The van der Waals surface area contributed by atoms with Gasteiger partial charge in [0.25, 0.3) is 5.91 Å². The number of piperidine rings is 1. The first-order valence-electron chi connectivity index (χ1n) is 10.3. The van der Waals surface area contributed by atoms with Gasteiger partial charge in [-0.25, -0.2) is 0 Å². The van der Waals surface area contributed by atoms with Crippen LogP contribution in [-0.2, 0) is 11.3 Å². The van der Waals surface area contributed by atoms with Crippen LogP contribution in [0.15, 0.2) is 36.4 Å².